The van der Waals surface area contributed by atoms with Gasteiger partial charge in [-0.2, -0.15) is 17.5 Å². The third-order valence-electron chi connectivity index (χ3n) is 6.46. The van der Waals surface area contributed by atoms with Gasteiger partial charge in [0.2, 0.25) is 10.0 Å². The van der Waals surface area contributed by atoms with Crippen LogP contribution in [-0.4, -0.2) is 58.0 Å². The zero-order chi connectivity index (χ0) is 26.4. The molecule has 194 valence electrons. The van der Waals surface area contributed by atoms with Crippen LogP contribution in [0.2, 0.25) is 0 Å². The zero-order valence-electron chi connectivity index (χ0n) is 19.7. The summed E-state index contributed by atoms with van der Waals surface area (Å²) in [6, 6.07) is 9.84. The number of halogens is 3. The molecule has 0 aliphatic carbocycles. The van der Waals surface area contributed by atoms with Crippen molar-refractivity contribution in [2.45, 2.75) is 36.6 Å². The molecule has 1 saturated heterocycles. The van der Waals surface area contributed by atoms with Crippen molar-refractivity contribution >= 4 is 26.9 Å². The number of aliphatic hydroxyl groups is 1. The summed E-state index contributed by atoms with van der Waals surface area (Å²) in [6.45, 7) is 1.95. The smallest absolute Gasteiger partial charge is 0.390 e. The van der Waals surface area contributed by atoms with E-state index in [0.717, 1.165) is 11.8 Å². The number of rotatable bonds is 5. The van der Waals surface area contributed by atoms with Gasteiger partial charge in [-0.25, -0.2) is 18.4 Å². The Labute approximate surface area is 211 Å². The third-order valence-corrected chi connectivity index (χ3v) is 8.34. The second-order valence-electron chi connectivity index (χ2n) is 9.00. The van der Waals surface area contributed by atoms with E-state index < -0.39 is 27.9 Å². The molecule has 8 nitrogen and oxygen atoms in total. The standard InChI is InChI=1S/C25H24F3N5O3S/c1-15-2-7-22(30-12-15)32-20-9-11-33(14-21(20)34)37(35,36)17-5-3-16(4-6-17)19-13-31-24-18(8-10-29-24)23(19)25(26,27)28/h2-8,10,12-13,20-21,34H,9,11,14H2,1H3,(H,29,31)(H,30,32)/t20-,21+/m1/s1. The van der Waals surface area contributed by atoms with Crippen molar-refractivity contribution in [1.82, 2.24) is 19.3 Å². The second-order valence-corrected chi connectivity index (χ2v) is 10.9. The fourth-order valence-electron chi connectivity index (χ4n) is 4.52. The van der Waals surface area contributed by atoms with Crippen LogP contribution >= 0.6 is 0 Å². The molecule has 0 spiro atoms. The fourth-order valence-corrected chi connectivity index (χ4v) is 5.99. The number of sulfonamides is 1. The Balaban J connectivity index is 1.35. The number of benzene rings is 1. The van der Waals surface area contributed by atoms with E-state index in [4.69, 9.17) is 0 Å². The summed E-state index contributed by atoms with van der Waals surface area (Å²) < 4.78 is 69.4. The number of aromatic amines is 1. The highest BCUT2D eigenvalue weighted by Gasteiger charge is 2.37. The van der Waals surface area contributed by atoms with Crippen LogP contribution in [-0.2, 0) is 16.2 Å². The lowest BCUT2D eigenvalue weighted by atomic mass is 9.99. The predicted octanol–water partition coefficient (Wildman–Crippen LogP) is 4.19. The number of piperidine rings is 1. The third kappa shape index (κ3) is 4.91. The molecule has 5 rings (SSSR count). The number of hydrogen-bond donors (Lipinski definition) is 3. The van der Waals surface area contributed by atoms with Crippen molar-refractivity contribution in [3.8, 4) is 11.1 Å². The van der Waals surface area contributed by atoms with E-state index in [9.17, 15) is 26.7 Å². The van der Waals surface area contributed by atoms with E-state index >= 15 is 0 Å². The van der Waals surface area contributed by atoms with Crippen molar-refractivity contribution in [2.75, 3.05) is 18.4 Å². The highest BCUT2D eigenvalue weighted by atomic mass is 32.2. The monoisotopic (exact) mass is 531 g/mol. The number of nitrogens with zero attached hydrogens (tertiary/aromatic N) is 3. The molecule has 37 heavy (non-hydrogen) atoms. The largest absolute Gasteiger partial charge is 0.417 e. The van der Waals surface area contributed by atoms with E-state index in [2.05, 4.69) is 20.3 Å². The Hall–Kier alpha value is -3.48. The predicted molar refractivity (Wildman–Crippen MR) is 132 cm³/mol. The summed E-state index contributed by atoms with van der Waals surface area (Å²) in [5.41, 5.74) is 0.319. The average Bonchev–Trinajstić information content (AvgIpc) is 3.34. The highest BCUT2D eigenvalue weighted by Crippen LogP contribution is 2.41. The first-order chi connectivity index (χ1) is 17.5. The summed E-state index contributed by atoms with van der Waals surface area (Å²) in [7, 11) is -3.97. The number of nitrogens with one attached hydrogen (secondary N) is 2. The van der Waals surface area contributed by atoms with Gasteiger partial charge in [0, 0.05) is 42.6 Å². The van der Waals surface area contributed by atoms with E-state index in [1.165, 1.54) is 40.8 Å². The molecular formula is C25H24F3N5O3S. The molecule has 3 aromatic heterocycles. The van der Waals surface area contributed by atoms with Gasteiger partial charge in [-0.15, -0.1) is 0 Å². The van der Waals surface area contributed by atoms with Gasteiger partial charge in [0.15, 0.2) is 0 Å². The lowest BCUT2D eigenvalue weighted by molar-refractivity contribution is -0.135. The number of aryl methyl sites for hydroxylation is 1. The first kappa shape index (κ1) is 25.2. The summed E-state index contributed by atoms with van der Waals surface area (Å²) in [5, 5.41) is 13.7. The number of H-pyrrole nitrogens is 1. The quantitative estimate of drug-likeness (QED) is 0.356. The van der Waals surface area contributed by atoms with E-state index in [1.54, 1.807) is 12.3 Å². The van der Waals surface area contributed by atoms with Crippen LogP contribution in [0.5, 0.6) is 0 Å². The lowest BCUT2D eigenvalue weighted by Gasteiger charge is -2.35. The van der Waals surface area contributed by atoms with Gasteiger partial charge in [-0.3, -0.25) is 0 Å². The molecule has 1 fully saturated rings. The number of aromatic nitrogens is 3. The fraction of sp³-hybridized carbons (Fsp3) is 0.280. The molecule has 0 unspecified atom stereocenters. The molecule has 3 N–H and O–H groups in total. The molecular weight excluding hydrogens is 507 g/mol. The zero-order valence-corrected chi connectivity index (χ0v) is 20.5. The van der Waals surface area contributed by atoms with Crippen molar-refractivity contribution in [3.63, 3.8) is 0 Å². The molecule has 1 aliphatic heterocycles. The van der Waals surface area contributed by atoms with Crippen molar-refractivity contribution in [2.24, 2.45) is 0 Å². The lowest BCUT2D eigenvalue weighted by Crippen LogP contribution is -2.51. The van der Waals surface area contributed by atoms with Gasteiger partial charge >= 0.3 is 6.18 Å². The van der Waals surface area contributed by atoms with Crippen LogP contribution < -0.4 is 5.32 Å². The average molecular weight is 532 g/mol. The molecule has 0 bridgehead atoms. The summed E-state index contributed by atoms with van der Waals surface area (Å²) in [6.07, 6.45) is -1.04. The SMILES string of the molecule is Cc1ccc(N[C@@H]2CCN(S(=O)(=O)c3ccc(-c4cnc5[nH]ccc5c4C(F)(F)F)cc3)C[C@@H]2O)nc1. The topological polar surface area (TPSA) is 111 Å². The molecule has 0 radical (unpaired) electrons. The van der Waals surface area contributed by atoms with Crippen molar-refractivity contribution in [3.05, 3.63) is 72.2 Å². The summed E-state index contributed by atoms with van der Waals surface area (Å²) >= 11 is 0. The first-order valence-electron chi connectivity index (χ1n) is 11.5. The Morgan fingerprint density at radius 1 is 1.08 bits per heavy atom. The number of fused-ring (bicyclic) bond motifs is 1. The van der Waals surface area contributed by atoms with Crippen molar-refractivity contribution < 1.29 is 26.7 Å². The van der Waals surface area contributed by atoms with Crippen molar-refractivity contribution in [1.29, 1.82) is 0 Å². The Bertz CT molecular complexity index is 1520. The first-order valence-corrected chi connectivity index (χ1v) is 13.0. The second kappa shape index (κ2) is 9.43. The normalized spacial score (nSPS) is 19.3. The molecule has 4 aromatic rings. The van der Waals surface area contributed by atoms with Crippen LogP contribution in [0.4, 0.5) is 19.0 Å². The Morgan fingerprint density at radius 2 is 1.84 bits per heavy atom. The van der Waals surface area contributed by atoms with Crippen LogP contribution in [0.3, 0.4) is 0 Å². The van der Waals surface area contributed by atoms with Gasteiger partial charge in [0.05, 0.1) is 22.6 Å². The van der Waals surface area contributed by atoms with Gasteiger partial charge in [0.25, 0.3) is 0 Å². The number of β-amino-alcohol motifs (C(OH)–C–C–N with tert-alkyl or cyclic N) is 1. The minimum Gasteiger partial charge on any atom is -0.390 e. The number of aliphatic hydroxyl groups excluding tert-OH is 1. The number of anilines is 1. The van der Waals surface area contributed by atoms with Crippen LogP contribution in [0, 0.1) is 6.92 Å². The minimum atomic E-state index is -4.63. The maximum absolute atomic E-state index is 13.9. The minimum absolute atomic E-state index is 0.0620. The molecule has 2 atom stereocenters. The van der Waals surface area contributed by atoms with Gasteiger partial charge in [-0.1, -0.05) is 18.2 Å². The van der Waals surface area contributed by atoms with Gasteiger partial charge in [-0.05, 0) is 48.7 Å². The summed E-state index contributed by atoms with van der Waals surface area (Å²) in [5.74, 6) is 0.590. The molecule has 0 saturated carbocycles. The maximum atomic E-state index is 13.9. The molecule has 1 aromatic carbocycles. The van der Waals surface area contributed by atoms with Crippen LogP contribution in [0.1, 0.15) is 17.5 Å². The molecule has 1 aliphatic rings. The summed E-state index contributed by atoms with van der Waals surface area (Å²) in [4.78, 5) is 10.9. The molecule has 12 heteroatoms. The Kier molecular flexibility index (Phi) is 6.42. The van der Waals surface area contributed by atoms with Gasteiger partial charge < -0.3 is 15.4 Å². The number of pyridine rings is 2. The maximum Gasteiger partial charge on any atom is 0.417 e. The molecule has 4 heterocycles. The number of alkyl halides is 3. The van der Waals surface area contributed by atoms with E-state index in [1.807, 2.05) is 13.0 Å². The van der Waals surface area contributed by atoms with Crippen LogP contribution in [0.15, 0.2) is 66.0 Å². The van der Waals surface area contributed by atoms with Crippen LogP contribution in [0.25, 0.3) is 22.2 Å². The van der Waals surface area contributed by atoms with E-state index in [-0.39, 0.29) is 46.2 Å². The molecule has 0 amide bonds. The van der Waals surface area contributed by atoms with E-state index in [0.29, 0.717) is 12.2 Å². The number of hydrogen-bond acceptors (Lipinski definition) is 6. The Morgan fingerprint density at radius 3 is 2.49 bits per heavy atom. The van der Waals surface area contributed by atoms with Gasteiger partial charge in [0.1, 0.15) is 11.5 Å². The highest BCUT2D eigenvalue weighted by molar-refractivity contribution is 7.89.